The number of amides is 1. The maximum absolute atomic E-state index is 13.8. The minimum Gasteiger partial charge on any atom is -0.435 e. The molecule has 2 heterocycles. The highest BCUT2D eigenvalue weighted by molar-refractivity contribution is 7.11. The standard InChI is InChI=1S/C17H11ClF7N3O2S/c1-6(12(29)27-13-11(18)7(2)28-31-13)8-3-4-10-9(5-8)26-14(30-10)15(19,20)16(21,22)17(23,24)25/h3-6H,1-2H3,(H,27,29). The number of aromatic nitrogens is 2. The van der Waals surface area contributed by atoms with E-state index < -0.39 is 46.8 Å². The van der Waals surface area contributed by atoms with E-state index in [1.807, 2.05) is 0 Å². The maximum Gasteiger partial charge on any atom is 0.460 e. The van der Waals surface area contributed by atoms with E-state index in [0.29, 0.717) is 5.69 Å². The Kier molecular flexibility index (Phi) is 5.72. The average molecular weight is 490 g/mol. The minimum absolute atomic E-state index is 0.216. The van der Waals surface area contributed by atoms with Crippen molar-refractivity contribution in [2.75, 3.05) is 5.32 Å². The Hall–Kier alpha value is -2.41. The Morgan fingerprint density at radius 1 is 1.19 bits per heavy atom. The second-order valence-electron chi connectivity index (χ2n) is 6.51. The van der Waals surface area contributed by atoms with E-state index in [0.717, 1.165) is 23.7 Å². The summed E-state index contributed by atoms with van der Waals surface area (Å²) in [4.78, 5) is 15.5. The molecule has 0 spiro atoms. The maximum atomic E-state index is 13.8. The molecular weight excluding hydrogens is 479 g/mol. The van der Waals surface area contributed by atoms with Crippen molar-refractivity contribution < 1.29 is 39.9 Å². The van der Waals surface area contributed by atoms with Crippen LogP contribution in [-0.4, -0.2) is 27.4 Å². The van der Waals surface area contributed by atoms with Crippen molar-refractivity contribution in [2.24, 2.45) is 0 Å². The summed E-state index contributed by atoms with van der Waals surface area (Å²) in [5, 5.41) is 3.07. The van der Waals surface area contributed by atoms with Crippen LogP contribution in [0.2, 0.25) is 5.02 Å². The molecule has 3 aromatic rings. The number of aryl methyl sites for hydroxylation is 1. The number of hydrogen-bond acceptors (Lipinski definition) is 5. The van der Waals surface area contributed by atoms with Crippen LogP contribution in [0, 0.1) is 6.92 Å². The van der Waals surface area contributed by atoms with Crippen LogP contribution in [0.15, 0.2) is 22.6 Å². The van der Waals surface area contributed by atoms with Crippen molar-refractivity contribution in [1.82, 2.24) is 9.36 Å². The molecule has 0 bridgehead atoms. The second-order valence-corrected chi connectivity index (χ2v) is 7.67. The van der Waals surface area contributed by atoms with Gasteiger partial charge >= 0.3 is 18.0 Å². The molecule has 168 valence electrons. The third kappa shape index (κ3) is 3.95. The molecule has 0 radical (unpaired) electrons. The quantitative estimate of drug-likeness (QED) is 0.428. The van der Waals surface area contributed by atoms with Crippen molar-refractivity contribution in [1.29, 1.82) is 0 Å². The number of halogens is 8. The SMILES string of the molecule is Cc1nsc(NC(=O)C(C)c2ccc3oc(C(F)(F)C(F)(F)C(F)(F)F)nc3c2)c1Cl. The van der Waals surface area contributed by atoms with Gasteiger partial charge in [-0.15, -0.1) is 0 Å². The van der Waals surface area contributed by atoms with Gasteiger partial charge in [0.15, 0.2) is 5.58 Å². The number of nitrogens with zero attached hydrogens (tertiary/aromatic N) is 2. The van der Waals surface area contributed by atoms with E-state index in [9.17, 15) is 35.5 Å². The Morgan fingerprint density at radius 2 is 1.84 bits per heavy atom. The highest BCUT2D eigenvalue weighted by atomic mass is 35.5. The third-order valence-electron chi connectivity index (χ3n) is 4.35. The van der Waals surface area contributed by atoms with Crippen LogP contribution in [0.1, 0.15) is 30.0 Å². The van der Waals surface area contributed by atoms with Crippen LogP contribution in [0.25, 0.3) is 11.1 Å². The average Bonchev–Trinajstić information content (AvgIpc) is 3.24. The molecule has 1 unspecified atom stereocenters. The van der Waals surface area contributed by atoms with Gasteiger partial charge in [0.05, 0.1) is 16.6 Å². The van der Waals surface area contributed by atoms with E-state index in [1.54, 1.807) is 6.92 Å². The van der Waals surface area contributed by atoms with Gasteiger partial charge in [-0.3, -0.25) is 4.79 Å². The first kappa shape index (κ1) is 23.3. The first-order valence-corrected chi connectivity index (χ1v) is 9.48. The van der Waals surface area contributed by atoms with Gasteiger partial charge in [0.2, 0.25) is 5.91 Å². The minimum atomic E-state index is -6.52. The number of nitrogens with one attached hydrogen (secondary N) is 1. The zero-order valence-electron chi connectivity index (χ0n) is 15.5. The van der Waals surface area contributed by atoms with Gasteiger partial charge in [-0.2, -0.15) is 35.1 Å². The largest absolute Gasteiger partial charge is 0.460 e. The number of carbonyl (C=O) groups is 1. The third-order valence-corrected chi connectivity index (χ3v) is 5.78. The fraction of sp³-hybridized carbons (Fsp3) is 0.353. The van der Waals surface area contributed by atoms with Crippen LogP contribution in [0.3, 0.4) is 0 Å². The molecule has 0 saturated heterocycles. The number of benzene rings is 1. The molecular formula is C17H11ClF7N3O2S. The van der Waals surface area contributed by atoms with Crippen LogP contribution in [0.5, 0.6) is 0 Å². The summed E-state index contributed by atoms with van der Waals surface area (Å²) in [7, 11) is 0. The van der Waals surface area contributed by atoms with E-state index in [2.05, 4.69) is 19.1 Å². The first-order valence-electron chi connectivity index (χ1n) is 8.32. The molecule has 0 saturated carbocycles. The molecule has 0 aliphatic carbocycles. The van der Waals surface area contributed by atoms with Gasteiger partial charge < -0.3 is 9.73 Å². The number of oxazole rings is 1. The zero-order chi connectivity index (χ0) is 23.4. The molecule has 31 heavy (non-hydrogen) atoms. The number of rotatable bonds is 5. The van der Waals surface area contributed by atoms with Gasteiger partial charge in [-0.25, -0.2) is 4.98 Å². The molecule has 1 aromatic carbocycles. The van der Waals surface area contributed by atoms with Crippen molar-refractivity contribution in [2.45, 2.75) is 37.8 Å². The fourth-order valence-corrected chi connectivity index (χ4v) is 3.40. The van der Waals surface area contributed by atoms with Crippen molar-refractivity contribution in [3.05, 3.63) is 40.4 Å². The van der Waals surface area contributed by atoms with Gasteiger partial charge in [-0.1, -0.05) is 17.7 Å². The smallest absolute Gasteiger partial charge is 0.435 e. The van der Waals surface area contributed by atoms with Crippen molar-refractivity contribution in [3.8, 4) is 0 Å². The van der Waals surface area contributed by atoms with Gasteiger partial charge in [0.25, 0.3) is 5.89 Å². The lowest BCUT2D eigenvalue weighted by Crippen LogP contribution is -2.50. The van der Waals surface area contributed by atoms with E-state index >= 15 is 0 Å². The summed E-state index contributed by atoms with van der Waals surface area (Å²) in [6.07, 6.45) is -6.52. The predicted molar refractivity (Wildman–Crippen MR) is 97.8 cm³/mol. The van der Waals surface area contributed by atoms with Gasteiger partial charge in [0.1, 0.15) is 10.5 Å². The molecule has 2 aromatic heterocycles. The Labute approximate surface area is 178 Å². The number of carbonyl (C=O) groups excluding carboxylic acids is 1. The van der Waals surface area contributed by atoms with Crippen LogP contribution < -0.4 is 5.32 Å². The summed E-state index contributed by atoms with van der Waals surface area (Å²) in [6, 6.07) is 3.38. The van der Waals surface area contributed by atoms with E-state index in [1.165, 1.54) is 13.0 Å². The lowest BCUT2D eigenvalue weighted by atomic mass is 10.00. The number of fused-ring (bicyclic) bond motifs is 1. The lowest BCUT2D eigenvalue weighted by Gasteiger charge is -2.25. The highest BCUT2D eigenvalue weighted by Gasteiger charge is 2.75. The highest BCUT2D eigenvalue weighted by Crippen LogP contribution is 2.51. The predicted octanol–water partition coefficient (Wildman–Crippen LogP) is 6.28. The molecule has 0 aliphatic rings. The Balaban J connectivity index is 1.90. The van der Waals surface area contributed by atoms with Crippen molar-refractivity contribution >= 4 is 45.1 Å². The topological polar surface area (TPSA) is 68.0 Å². The van der Waals surface area contributed by atoms with Crippen LogP contribution >= 0.6 is 23.1 Å². The molecule has 3 rings (SSSR count). The van der Waals surface area contributed by atoms with Crippen molar-refractivity contribution in [3.63, 3.8) is 0 Å². The molecule has 5 nitrogen and oxygen atoms in total. The molecule has 1 atom stereocenters. The zero-order valence-corrected chi connectivity index (χ0v) is 17.0. The summed E-state index contributed by atoms with van der Waals surface area (Å²) in [5.41, 5.74) is -0.155. The van der Waals surface area contributed by atoms with E-state index in [4.69, 9.17) is 11.6 Å². The molecule has 0 fully saturated rings. The fourth-order valence-electron chi connectivity index (χ4n) is 2.47. The van der Waals surface area contributed by atoms with Crippen LogP contribution in [-0.2, 0) is 10.7 Å². The molecule has 0 aliphatic heterocycles. The Bertz CT molecular complexity index is 1140. The lowest BCUT2D eigenvalue weighted by molar-refractivity contribution is -0.363. The van der Waals surface area contributed by atoms with Crippen LogP contribution in [0.4, 0.5) is 35.7 Å². The second kappa shape index (κ2) is 7.62. The summed E-state index contributed by atoms with van der Waals surface area (Å²) in [5.74, 6) is -15.7. The van der Waals surface area contributed by atoms with Gasteiger partial charge in [-0.05, 0) is 43.1 Å². The first-order chi connectivity index (χ1) is 14.2. The Morgan fingerprint density at radius 3 is 2.39 bits per heavy atom. The molecule has 14 heteroatoms. The summed E-state index contributed by atoms with van der Waals surface area (Å²) in [6.45, 7) is 3.08. The van der Waals surface area contributed by atoms with E-state index in [-0.39, 0.29) is 15.6 Å². The van der Waals surface area contributed by atoms with Gasteiger partial charge in [0, 0.05) is 0 Å². The molecule has 1 amide bonds. The monoisotopic (exact) mass is 489 g/mol. The number of hydrogen-bond donors (Lipinski definition) is 1. The normalized spacial score (nSPS) is 14.1. The number of alkyl halides is 7. The number of anilines is 1. The molecule has 1 N–H and O–H groups in total. The summed E-state index contributed by atoms with van der Waals surface area (Å²) < 4.78 is 99.7. The summed E-state index contributed by atoms with van der Waals surface area (Å²) >= 11 is 6.94.